The molecule has 0 heterocycles. The molecule has 8 nitrogen and oxygen atoms in total. The van der Waals surface area contributed by atoms with Crippen molar-refractivity contribution in [1.82, 2.24) is 5.32 Å². The molecule has 0 aliphatic rings. The largest absolute Gasteiger partial charge is 0.472 e. The van der Waals surface area contributed by atoms with Crippen molar-refractivity contribution in [3.05, 3.63) is 97.2 Å². The maximum Gasteiger partial charge on any atom is 0.472 e. The highest BCUT2D eigenvalue weighted by molar-refractivity contribution is 7.47. The Bertz CT molecular complexity index is 1660. The topological polar surface area (TPSA) is 105 Å². The lowest BCUT2D eigenvalue weighted by Crippen LogP contribution is -2.46. The van der Waals surface area contributed by atoms with Crippen LogP contribution in [0.15, 0.2) is 97.2 Å². The van der Waals surface area contributed by atoms with E-state index in [4.69, 9.17) is 9.05 Å². The average Bonchev–Trinajstić information content (AvgIpc) is 3.47. The third-order valence-electron chi connectivity index (χ3n) is 15.3. The molecule has 0 rings (SSSR count). The number of hydrogen-bond donors (Lipinski definition) is 3. The molecule has 0 fully saturated rings. The lowest BCUT2D eigenvalue weighted by molar-refractivity contribution is -0.870. The molecule has 0 radical (unpaired) electrons. The number of nitrogens with zero attached hydrogens (tertiary/aromatic N) is 1. The van der Waals surface area contributed by atoms with Gasteiger partial charge >= 0.3 is 7.82 Å². The zero-order valence-electron chi connectivity index (χ0n) is 54.5. The Morgan fingerprint density at radius 1 is 0.427 bits per heavy atom. The minimum absolute atomic E-state index is 0.0646. The standard InChI is InChI=1S/C73H133N2O6P/c1-6-8-10-12-14-16-18-20-22-24-26-28-30-32-34-36-37-39-40-42-44-46-48-50-52-54-56-58-60-62-64-66-72(76)71(70-81-82(78,79)80-69-68-75(3,4)5)74-73(77)67-65-63-61-59-57-55-53-51-49-47-45-43-41-38-35-33-31-29-27-25-23-21-19-17-15-13-11-9-7-2/h9,11,15,17,21,23,27,29,33,35,41,43,47,49,53,55,71-72,76H,6-8,10,12-14,16,18-20,22,24-26,28,30-32,34,36-40,42,44-46,48,50-52,54,56-70H2,1-5H3,(H-,74,77,78,79)/p+1/b11-9-,17-15-,23-21-,29-27-,35-33-,43-41-,49-47-,55-53-. The number of aliphatic hydroxyl groups is 1. The second kappa shape index (κ2) is 62.9. The summed E-state index contributed by atoms with van der Waals surface area (Å²) >= 11 is 0. The molecular weight excluding hydrogens is 1030 g/mol. The molecule has 82 heavy (non-hydrogen) atoms. The van der Waals surface area contributed by atoms with E-state index in [0.717, 1.165) is 103 Å². The Hall–Kier alpha value is -2.58. The molecule has 3 unspecified atom stereocenters. The molecular formula is C73H134N2O6P+. The first kappa shape index (κ1) is 79.4. The highest BCUT2D eigenvalue weighted by Crippen LogP contribution is 2.43. The summed E-state index contributed by atoms with van der Waals surface area (Å²) < 4.78 is 23.9. The fourth-order valence-corrected chi connectivity index (χ4v) is 10.7. The van der Waals surface area contributed by atoms with Gasteiger partial charge in [-0.3, -0.25) is 13.8 Å². The van der Waals surface area contributed by atoms with E-state index in [1.807, 2.05) is 21.1 Å². The highest BCUT2D eigenvalue weighted by Gasteiger charge is 2.28. The Kier molecular flexibility index (Phi) is 61.0. The zero-order valence-corrected chi connectivity index (χ0v) is 55.4. The van der Waals surface area contributed by atoms with Gasteiger partial charge in [0, 0.05) is 6.42 Å². The van der Waals surface area contributed by atoms with Crippen LogP contribution in [0.4, 0.5) is 0 Å². The predicted molar refractivity (Wildman–Crippen MR) is 359 cm³/mol. The monoisotopic (exact) mass is 1170 g/mol. The van der Waals surface area contributed by atoms with E-state index in [9.17, 15) is 19.4 Å². The average molecular weight is 1170 g/mol. The molecule has 0 saturated heterocycles. The third-order valence-corrected chi connectivity index (χ3v) is 16.3. The van der Waals surface area contributed by atoms with Crippen LogP contribution >= 0.6 is 7.82 Å². The Morgan fingerprint density at radius 3 is 1.07 bits per heavy atom. The summed E-state index contributed by atoms with van der Waals surface area (Å²) in [5.41, 5.74) is 0. The zero-order chi connectivity index (χ0) is 59.8. The first-order valence-electron chi connectivity index (χ1n) is 34.6. The van der Waals surface area contributed by atoms with Crippen LogP contribution in [-0.4, -0.2) is 73.4 Å². The number of likely N-dealkylation sites (N-methyl/N-ethyl adjacent to an activating group) is 1. The number of amides is 1. The Balaban J connectivity index is 4.13. The highest BCUT2D eigenvalue weighted by atomic mass is 31.2. The van der Waals surface area contributed by atoms with E-state index in [1.165, 1.54) is 180 Å². The number of carbonyl (C=O) groups excluding carboxylic acids is 1. The van der Waals surface area contributed by atoms with Crippen molar-refractivity contribution in [3.63, 3.8) is 0 Å². The molecule has 0 bridgehead atoms. The summed E-state index contributed by atoms with van der Waals surface area (Å²) in [5, 5.41) is 14.1. The van der Waals surface area contributed by atoms with Gasteiger partial charge in [-0.2, -0.15) is 0 Å². The maximum atomic E-state index is 13.1. The molecule has 3 N–H and O–H groups in total. The molecule has 9 heteroatoms. The van der Waals surface area contributed by atoms with Crippen molar-refractivity contribution in [3.8, 4) is 0 Å². The summed E-state index contributed by atoms with van der Waals surface area (Å²) in [6, 6.07) is -0.784. The van der Waals surface area contributed by atoms with Crippen LogP contribution in [0, 0.1) is 0 Å². The van der Waals surface area contributed by atoms with E-state index in [-0.39, 0.29) is 19.1 Å². The quantitative estimate of drug-likeness (QED) is 0.0243. The molecule has 0 saturated carbocycles. The lowest BCUT2D eigenvalue weighted by atomic mass is 10.0. The van der Waals surface area contributed by atoms with Gasteiger partial charge < -0.3 is 19.8 Å². The number of hydrogen-bond acceptors (Lipinski definition) is 5. The number of phosphoric ester groups is 1. The molecule has 1 amide bonds. The van der Waals surface area contributed by atoms with Crippen molar-refractivity contribution in [2.45, 2.75) is 321 Å². The van der Waals surface area contributed by atoms with Crippen LogP contribution in [0.1, 0.15) is 309 Å². The number of unbranched alkanes of at least 4 members (excludes halogenated alkanes) is 34. The third kappa shape index (κ3) is 65.0. The van der Waals surface area contributed by atoms with E-state index in [1.54, 1.807) is 0 Å². The van der Waals surface area contributed by atoms with Crippen LogP contribution in [0.3, 0.4) is 0 Å². The Morgan fingerprint density at radius 2 is 0.732 bits per heavy atom. The van der Waals surface area contributed by atoms with Crippen molar-refractivity contribution in [1.29, 1.82) is 0 Å². The number of carbonyl (C=O) groups is 1. The van der Waals surface area contributed by atoms with Gasteiger partial charge in [-0.1, -0.05) is 323 Å². The van der Waals surface area contributed by atoms with Crippen molar-refractivity contribution in [2.75, 3.05) is 40.9 Å². The molecule has 0 aromatic rings. The van der Waals surface area contributed by atoms with E-state index in [2.05, 4.69) is 116 Å². The van der Waals surface area contributed by atoms with Gasteiger partial charge in [0.15, 0.2) is 0 Å². The molecule has 476 valence electrons. The summed E-state index contributed by atoms with van der Waals surface area (Å²) in [7, 11) is 1.59. The summed E-state index contributed by atoms with van der Waals surface area (Å²) in [6.45, 7) is 4.78. The number of quaternary nitrogens is 1. The fourth-order valence-electron chi connectivity index (χ4n) is 10.0. The molecule has 0 aromatic heterocycles. The van der Waals surface area contributed by atoms with Crippen molar-refractivity contribution in [2.24, 2.45) is 0 Å². The van der Waals surface area contributed by atoms with Crippen molar-refractivity contribution < 1.29 is 32.9 Å². The predicted octanol–water partition coefficient (Wildman–Crippen LogP) is 22.1. The normalized spacial score (nSPS) is 14.3. The number of nitrogens with one attached hydrogen (secondary N) is 1. The van der Waals surface area contributed by atoms with Crippen molar-refractivity contribution >= 4 is 13.7 Å². The fraction of sp³-hybridized carbons (Fsp3) is 0.767. The molecule has 3 atom stereocenters. The lowest BCUT2D eigenvalue weighted by Gasteiger charge is -2.26. The number of allylic oxidation sites excluding steroid dienone is 16. The molecule has 0 aliphatic carbocycles. The van der Waals surface area contributed by atoms with Gasteiger partial charge in [-0.15, -0.1) is 0 Å². The van der Waals surface area contributed by atoms with Crippen LogP contribution in [0.5, 0.6) is 0 Å². The van der Waals surface area contributed by atoms with Crippen LogP contribution in [0.25, 0.3) is 0 Å². The van der Waals surface area contributed by atoms with Gasteiger partial charge in [0.25, 0.3) is 0 Å². The second-order valence-corrected chi connectivity index (χ2v) is 26.0. The molecule has 0 spiro atoms. The molecule has 0 aromatic carbocycles. The van der Waals surface area contributed by atoms with Crippen LogP contribution < -0.4 is 5.32 Å². The number of rotatable bonds is 63. The Labute approximate surface area is 509 Å². The first-order chi connectivity index (χ1) is 40.0. The van der Waals surface area contributed by atoms with Gasteiger partial charge in [0.1, 0.15) is 13.2 Å². The van der Waals surface area contributed by atoms with Crippen LogP contribution in [0.2, 0.25) is 0 Å². The summed E-state index contributed by atoms with van der Waals surface area (Å²) in [6.07, 6.45) is 90.8. The van der Waals surface area contributed by atoms with Gasteiger partial charge in [0.2, 0.25) is 5.91 Å². The van der Waals surface area contributed by atoms with Gasteiger partial charge in [-0.05, 0) is 77.0 Å². The number of aliphatic hydroxyl groups excluding tert-OH is 1. The van der Waals surface area contributed by atoms with E-state index < -0.39 is 20.0 Å². The second-order valence-electron chi connectivity index (χ2n) is 24.5. The minimum atomic E-state index is -4.35. The smallest absolute Gasteiger partial charge is 0.391 e. The minimum Gasteiger partial charge on any atom is -0.391 e. The summed E-state index contributed by atoms with van der Waals surface area (Å²) in [5.74, 6) is -0.169. The SMILES string of the molecule is CC/C=C\C/C=C\C/C=C\C/C=C\C/C=C\C/C=C\C/C=C\C/C=C\CCCCCCC(=O)NC(COP(=O)(O)OCC[N+](C)(C)C)C(O)CCCCCCCCCCCCCCCCCCCCCCCCCCCCCCCCC. The first-order valence-corrected chi connectivity index (χ1v) is 36.1. The van der Waals surface area contributed by atoms with E-state index >= 15 is 0 Å². The van der Waals surface area contributed by atoms with Gasteiger partial charge in [0.05, 0.1) is 39.9 Å². The maximum absolute atomic E-state index is 13.1. The van der Waals surface area contributed by atoms with Crippen LogP contribution in [-0.2, 0) is 18.4 Å². The molecule has 0 aliphatic heterocycles. The number of phosphoric acid groups is 1. The summed E-state index contributed by atoms with van der Waals surface area (Å²) in [4.78, 5) is 23.4. The van der Waals surface area contributed by atoms with Gasteiger partial charge in [-0.25, -0.2) is 4.57 Å². The van der Waals surface area contributed by atoms with E-state index in [0.29, 0.717) is 23.9 Å².